The van der Waals surface area contributed by atoms with Crippen LogP contribution >= 0.6 is 0 Å². The van der Waals surface area contributed by atoms with Gasteiger partial charge in [-0.2, -0.15) is 0 Å². The predicted molar refractivity (Wildman–Crippen MR) is 179 cm³/mol. The summed E-state index contributed by atoms with van der Waals surface area (Å²) in [6.07, 6.45) is 2.23. The van der Waals surface area contributed by atoms with E-state index in [1.807, 2.05) is 19.1 Å². The average molecular weight is 687 g/mol. The van der Waals surface area contributed by atoms with Crippen molar-refractivity contribution >= 4 is 23.9 Å². The summed E-state index contributed by atoms with van der Waals surface area (Å²) in [5.74, 6) is -2.88. The van der Waals surface area contributed by atoms with Gasteiger partial charge in [0.25, 0.3) is 0 Å². The van der Waals surface area contributed by atoms with Gasteiger partial charge in [-0.15, -0.1) is 0 Å². The highest BCUT2D eigenvalue weighted by atomic mass is 16.6. The molecule has 2 aliphatic heterocycles. The summed E-state index contributed by atoms with van der Waals surface area (Å²) in [6, 6.07) is 10.7. The number of fused-ring (bicyclic) bond motifs is 4. The second-order valence-electron chi connectivity index (χ2n) is 15.5. The number of ether oxygens (including phenoxy) is 5. The molecular formula is C40H46O10. The lowest BCUT2D eigenvalue weighted by atomic mass is 9.39. The Balaban J connectivity index is 1.46. The molecule has 2 saturated heterocycles. The molecule has 1 aromatic carbocycles. The van der Waals surface area contributed by atoms with Crippen molar-refractivity contribution < 1.29 is 47.3 Å². The van der Waals surface area contributed by atoms with Crippen LogP contribution in [0.1, 0.15) is 89.6 Å². The van der Waals surface area contributed by atoms with E-state index in [0.29, 0.717) is 17.6 Å². The second-order valence-corrected chi connectivity index (χ2v) is 15.5. The van der Waals surface area contributed by atoms with Crippen LogP contribution in [0.4, 0.5) is 0 Å². The first-order chi connectivity index (χ1) is 23.7. The van der Waals surface area contributed by atoms with E-state index in [-0.39, 0.29) is 31.3 Å². The number of carbonyl (C=O) groups is 4. The van der Waals surface area contributed by atoms with Gasteiger partial charge >= 0.3 is 23.9 Å². The number of esters is 4. The van der Waals surface area contributed by atoms with Crippen molar-refractivity contribution in [2.75, 3.05) is 6.61 Å². The highest BCUT2D eigenvalue weighted by Crippen LogP contribution is 2.72. The van der Waals surface area contributed by atoms with Gasteiger partial charge in [0.15, 0.2) is 0 Å². The Labute approximate surface area is 292 Å². The lowest BCUT2D eigenvalue weighted by molar-refractivity contribution is -0.252. The Morgan fingerprint density at radius 1 is 0.960 bits per heavy atom. The Morgan fingerprint density at radius 3 is 2.36 bits per heavy atom. The molecule has 3 aliphatic carbocycles. The van der Waals surface area contributed by atoms with E-state index in [0.717, 1.165) is 16.7 Å². The summed E-state index contributed by atoms with van der Waals surface area (Å²) < 4.78 is 37.7. The minimum atomic E-state index is -0.990. The first kappa shape index (κ1) is 34.3. The number of rotatable bonds is 6. The van der Waals surface area contributed by atoms with Crippen LogP contribution < -0.4 is 0 Å². The highest BCUT2D eigenvalue weighted by Gasteiger charge is 2.78. The van der Waals surface area contributed by atoms with Gasteiger partial charge in [0.1, 0.15) is 24.4 Å². The van der Waals surface area contributed by atoms with E-state index in [9.17, 15) is 19.2 Å². The molecule has 0 radical (unpaired) electrons. The molecule has 50 heavy (non-hydrogen) atoms. The van der Waals surface area contributed by atoms with Crippen LogP contribution in [-0.4, -0.2) is 61.0 Å². The van der Waals surface area contributed by atoms with Crippen LogP contribution in [0.5, 0.6) is 0 Å². The molecule has 5 aliphatic rings. The van der Waals surface area contributed by atoms with Crippen molar-refractivity contribution in [3.8, 4) is 0 Å². The lowest BCUT2D eigenvalue weighted by Crippen LogP contribution is -2.72. The summed E-state index contributed by atoms with van der Waals surface area (Å²) in [6.45, 7) is 13.3. The van der Waals surface area contributed by atoms with Crippen LogP contribution in [0.15, 0.2) is 76.1 Å². The Morgan fingerprint density at radius 2 is 1.70 bits per heavy atom. The number of hydrogen-bond acceptors (Lipinski definition) is 10. The molecule has 7 rings (SSSR count). The third kappa shape index (κ3) is 5.00. The highest BCUT2D eigenvalue weighted by molar-refractivity contribution is 5.89. The summed E-state index contributed by atoms with van der Waals surface area (Å²) in [5.41, 5.74) is 1.07. The van der Waals surface area contributed by atoms with Gasteiger partial charge in [-0.05, 0) is 62.4 Å². The second kappa shape index (κ2) is 12.2. The van der Waals surface area contributed by atoms with Crippen molar-refractivity contribution in [3.63, 3.8) is 0 Å². The van der Waals surface area contributed by atoms with Crippen molar-refractivity contribution in [2.24, 2.45) is 28.1 Å². The maximum atomic E-state index is 14.1. The molecule has 2 aromatic rings. The number of allylic oxidation sites excluding steroid dienone is 2. The van der Waals surface area contributed by atoms with Crippen LogP contribution in [0, 0.1) is 28.1 Å². The predicted octanol–water partition coefficient (Wildman–Crippen LogP) is 6.50. The van der Waals surface area contributed by atoms with Gasteiger partial charge < -0.3 is 28.1 Å². The average Bonchev–Trinajstić information content (AvgIpc) is 3.80. The number of carbonyl (C=O) groups excluding carboxylic acids is 4. The van der Waals surface area contributed by atoms with E-state index in [1.165, 1.54) is 6.92 Å². The molecule has 10 nitrogen and oxygen atoms in total. The van der Waals surface area contributed by atoms with Crippen LogP contribution in [-0.2, 0) is 38.1 Å². The van der Waals surface area contributed by atoms with Gasteiger partial charge in [0.2, 0.25) is 0 Å². The molecule has 0 bridgehead atoms. The fraction of sp³-hybridized carbons (Fsp3) is 0.550. The molecule has 0 spiro atoms. The maximum Gasteiger partial charge on any atom is 0.338 e. The molecule has 10 heteroatoms. The van der Waals surface area contributed by atoms with Crippen molar-refractivity contribution in [3.05, 3.63) is 82.8 Å². The molecule has 4 fully saturated rings. The minimum Gasteiger partial charge on any atom is -0.472 e. The van der Waals surface area contributed by atoms with Gasteiger partial charge in [-0.1, -0.05) is 50.6 Å². The SMILES string of the molecule is C/C=C(/C)C(=O)O[C@@H]1[C@@H]2OC[C@]3(C)[C@H](OC(C)=O)C[C@H](OC(=O)c4ccccc4)[C@@](C)([C@@H]23)[C@H]2CC(=O)O[C@H]3C[C@@H](c4ccoc4)C(C)=C3[C@]12C. The molecule has 0 unspecified atom stereocenters. The molecule has 2 saturated carbocycles. The molecule has 0 N–H and O–H groups in total. The largest absolute Gasteiger partial charge is 0.472 e. The molecule has 266 valence electrons. The van der Waals surface area contributed by atoms with Crippen LogP contribution in [0.3, 0.4) is 0 Å². The van der Waals surface area contributed by atoms with Crippen molar-refractivity contribution in [2.45, 2.75) is 104 Å². The first-order valence-corrected chi connectivity index (χ1v) is 17.6. The van der Waals surface area contributed by atoms with E-state index in [4.69, 9.17) is 28.1 Å². The van der Waals surface area contributed by atoms with Crippen LogP contribution in [0.25, 0.3) is 0 Å². The Kier molecular flexibility index (Phi) is 8.40. The first-order valence-electron chi connectivity index (χ1n) is 17.6. The van der Waals surface area contributed by atoms with Gasteiger partial charge in [-0.3, -0.25) is 9.59 Å². The third-order valence-corrected chi connectivity index (χ3v) is 13.0. The zero-order chi connectivity index (χ0) is 35.7. The zero-order valence-corrected chi connectivity index (χ0v) is 29.7. The monoisotopic (exact) mass is 686 g/mol. The van der Waals surface area contributed by atoms with E-state index in [1.54, 1.807) is 56.7 Å². The van der Waals surface area contributed by atoms with Gasteiger partial charge in [0, 0.05) is 53.4 Å². The van der Waals surface area contributed by atoms with E-state index < -0.39 is 76.5 Å². The van der Waals surface area contributed by atoms with E-state index in [2.05, 4.69) is 20.8 Å². The summed E-state index contributed by atoms with van der Waals surface area (Å²) in [4.78, 5) is 54.3. The fourth-order valence-corrected chi connectivity index (χ4v) is 10.7. The Hall–Kier alpha value is -4.18. The Bertz CT molecular complexity index is 1760. The van der Waals surface area contributed by atoms with E-state index >= 15 is 0 Å². The minimum absolute atomic E-state index is 0.00419. The quantitative estimate of drug-likeness (QED) is 0.144. The number of furan rings is 1. The maximum absolute atomic E-state index is 14.1. The molecule has 3 heterocycles. The zero-order valence-electron chi connectivity index (χ0n) is 29.7. The van der Waals surface area contributed by atoms with Crippen LogP contribution in [0.2, 0.25) is 0 Å². The normalized spacial score (nSPS) is 39.0. The topological polar surface area (TPSA) is 128 Å². The lowest BCUT2D eigenvalue weighted by Gasteiger charge is -2.66. The summed E-state index contributed by atoms with van der Waals surface area (Å²) >= 11 is 0. The third-order valence-electron chi connectivity index (χ3n) is 13.0. The smallest absolute Gasteiger partial charge is 0.338 e. The van der Waals surface area contributed by atoms with Gasteiger partial charge in [-0.25, -0.2) is 9.59 Å². The number of hydrogen-bond donors (Lipinski definition) is 0. The standard InChI is InChI=1S/C40H46O10/c1-8-21(2)36(43)50-35-33-34-38(5,20-46-33)29(47-23(4)41)18-30(49-37(44)24-12-10-9-11-13-24)39(34,6)28-17-31(42)48-27-16-26(25-14-15-45-19-25)22(3)32(27)40(28,35)7/h8-15,19,26-30,33-35H,16-18,20H2,1-7H3/b21-8-/t26-,27+,28-,29-,30+,33-,34+,35-,38-,39+,40-/m1/s1. The van der Waals surface area contributed by atoms with Crippen molar-refractivity contribution in [1.29, 1.82) is 0 Å². The molecule has 1 aromatic heterocycles. The summed E-state index contributed by atoms with van der Waals surface area (Å²) in [7, 11) is 0. The number of benzene rings is 1. The molecule has 0 amide bonds. The van der Waals surface area contributed by atoms with Crippen molar-refractivity contribution in [1.82, 2.24) is 0 Å². The summed E-state index contributed by atoms with van der Waals surface area (Å²) in [5, 5.41) is 0. The molecule has 11 atom stereocenters. The molecular weight excluding hydrogens is 640 g/mol. The fourth-order valence-electron chi connectivity index (χ4n) is 10.7. The van der Waals surface area contributed by atoms with Gasteiger partial charge in [0.05, 0.1) is 30.8 Å².